The van der Waals surface area contributed by atoms with Gasteiger partial charge in [0.1, 0.15) is 5.52 Å². The van der Waals surface area contributed by atoms with Gasteiger partial charge in [0.2, 0.25) is 5.95 Å². The van der Waals surface area contributed by atoms with Crippen LogP contribution in [0.15, 0.2) is 6.33 Å². The van der Waals surface area contributed by atoms with Crippen LogP contribution >= 0.6 is 0 Å². The van der Waals surface area contributed by atoms with Gasteiger partial charge < -0.3 is 20.7 Å². The van der Waals surface area contributed by atoms with Gasteiger partial charge in [0.25, 0.3) is 0 Å². The topological polar surface area (TPSA) is 98.8 Å². The largest absolute Gasteiger partial charge is 0.396 e. The molecule has 0 saturated heterocycles. The lowest BCUT2D eigenvalue weighted by atomic mass is 10.0. The first-order chi connectivity index (χ1) is 9.76. The Balaban J connectivity index is 1.80. The predicted octanol–water partition coefficient (Wildman–Crippen LogP) is 1.36. The van der Waals surface area contributed by atoms with Crippen LogP contribution in [0, 0.1) is 5.41 Å². The summed E-state index contributed by atoms with van der Waals surface area (Å²) >= 11 is 0. The van der Waals surface area contributed by atoms with Crippen LogP contribution < -0.4 is 10.6 Å². The van der Waals surface area contributed by atoms with E-state index in [2.05, 4.69) is 30.6 Å². The zero-order valence-electron chi connectivity index (χ0n) is 11.6. The normalized spacial score (nSPS) is 16.3. The van der Waals surface area contributed by atoms with Gasteiger partial charge in [-0.15, -0.1) is 0 Å². The summed E-state index contributed by atoms with van der Waals surface area (Å²) in [6.45, 7) is 3.84. The summed E-state index contributed by atoms with van der Waals surface area (Å²) in [6.07, 6.45) is 4.80. The molecule has 0 radical (unpaired) electrons. The molecule has 4 N–H and O–H groups in total. The maximum atomic E-state index is 9.11. The molecule has 0 aromatic carbocycles. The molecule has 1 fully saturated rings. The number of aromatic amines is 1. The molecule has 0 unspecified atom stereocenters. The number of aliphatic hydroxyl groups is 1. The first kappa shape index (κ1) is 13.1. The number of imidazole rings is 1. The number of nitrogens with zero attached hydrogens (tertiary/aromatic N) is 3. The van der Waals surface area contributed by atoms with Gasteiger partial charge in [-0.25, -0.2) is 4.98 Å². The average molecular weight is 276 g/mol. The molecular formula is C13H20N6O. The molecule has 1 saturated carbocycles. The van der Waals surface area contributed by atoms with Crippen LogP contribution in [0.2, 0.25) is 0 Å². The van der Waals surface area contributed by atoms with Crippen molar-refractivity contribution in [3.05, 3.63) is 6.33 Å². The number of rotatable bonds is 7. The van der Waals surface area contributed by atoms with Crippen LogP contribution in [0.4, 0.5) is 11.8 Å². The minimum Gasteiger partial charge on any atom is -0.396 e. The third-order valence-corrected chi connectivity index (χ3v) is 3.85. The van der Waals surface area contributed by atoms with Crippen molar-refractivity contribution >= 4 is 22.9 Å². The summed E-state index contributed by atoms with van der Waals surface area (Å²) in [5, 5.41) is 15.6. The molecule has 2 heterocycles. The van der Waals surface area contributed by atoms with Gasteiger partial charge in [-0.2, -0.15) is 9.97 Å². The quantitative estimate of drug-likeness (QED) is 0.609. The van der Waals surface area contributed by atoms with Crippen LogP contribution in [0.1, 0.15) is 26.2 Å². The fourth-order valence-electron chi connectivity index (χ4n) is 2.40. The van der Waals surface area contributed by atoms with E-state index >= 15 is 0 Å². The Morgan fingerprint density at radius 1 is 1.35 bits per heavy atom. The molecule has 0 amide bonds. The summed E-state index contributed by atoms with van der Waals surface area (Å²) in [4.78, 5) is 16.1. The summed E-state index contributed by atoms with van der Waals surface area (Å²) in [5.41, 5.74) is 1.72. The van der Waals surface area contributed by atoms with Crippen molar-refractivity contribution in [3.63, 3.8) is 0 Å². The first-order valence-electron chi connectivity index (χ1n) is 7.06. The fourth-order valence-corrected chi connectivity index (χ4v) is 2.40. The third-order valence-electron chi connectivity index (χ3n) is 3.85. The number of H-pyrrole nitrogens is 1. The maximum absolute atomic E-state index is 9.11. The predicted molar refractivity (Wildman–Crippen MR) is 77.7 cm³/mol. The molecule has 0 bridgehead atoms. The summed E-state index contributed by atoms with van der Waals surface area (Å²) in [6, 6.07) is 0. The number of hydrogen-bond acceptors (Lipinski definition) is 6. The lowest BCUT2D eigenvalue weighted by Crippen LogP contribution is -2.18. The smallest absolute Gasteiger partial charge is 0.226 e. The number of hydrogen-bond donors (Lipinski definition) is 4. The second-order valence-corrected chi connectivity index (χ2v) is 5.35. The molecule has 1 aliphatic rings. The molecule has 1 aliphatic carbocycles. The Labute approximate surface area is 117 Å². The molecule has 0 spiro atoms. The van der Waals surface area contributed by atoms with Gasteiger partial charge in [-0.05, 0) is 31.6 Å². The lowest BCUT2D eigenvalue weighted by molar-refractivity contribution is 0.253. The van der Waals surface area contributed by atoms with Crippen LogP contribution in [0.25, 0.3) is 11.2 Å². The Bertz CT molecular complexity index is 592. The van der Waals surface area contributed by atoms with Gasteiger partial charge in [-0.3, -0.25) is 0 Å². The zero-order valence-corrected chi connectivity index (χ0v) is 11.6. The van der Waals surface area contributed by atoms with Crippen LogP contribution in [-0.2, 0) is 0 Å². The van der Waals surface area contributed by atoms with Gasteiger partial charge >= 0.3 is 0 Å². The van der Waals surface area contributed by atoms with E-state index in [0.717, 1.165) is 43.7 Å². The maximum Gasteiger partial charge on any atom is 0.226 e. The van der Waals surface area contributed by atoms with Crippen LogP contribution in [0.3, 0.4) is 0 Å². The molecule has 3 rings (SSSR count). The van der Waals surface area contributed by atoms with Crippen molar-refractivity contribution in [1.82, 2.24) is 19.9 Å². The number of nitrogens with one attached hydrogen (secondary N) is 3. The van der Waals surface area contributed by atoms with Crippen molar-refractivity contribution < 1.29 is 5.11 Å². The van der Waals surface area contributed by atoms with Crippen molar-refractivity contribution in [2.24, 2.45) is 5.41 Å². The Kier molecular flexibility index (Phi) is 3.43. The Hall–Kier alpha value is -1.89. The highest BCUT2D eigenvalue weighted by atomic mass is 16.3. The first-order valence-corrected chi connectivity index (χ1v) is 7.06. The number of aliphatic hydroxyl groups excluding tert-OH is 1. The second kappa shape index (κ2) is 5.24. The van der Waals surface area contributed by atoms with Crippen molar-refractivity contribution in [2.75, 3.05) is 30.3 Å². The van der Waals surface area contributed by atoms with Gasteiger partial charge in [-0.1, -0.05) is 0 Å². The van der Waals surface area contributed by atoms with E-state index < -0.39 is 0 Å². The van der Waals surface area contributed by atoms with Crippen LogP contribution in [-0.4, -0.2) is 44.7 Å². The number of aromatic nitrogens is 4. The van der Waals surface area contributed by atoms with E-state index in [4.69, 9.17) is 5.11 Å². The van der Waals surface area contributed by atoms with Crippen molar-refractivity contribution in [3.8, 4) is 0 Å². The minimum atomic E-state index is 0.240. The van der Waals surface area contributed by atoms with E-state index in [0.29, 0.717) is 11.6 Å². The van der Waals surface area contributed by atoms with E-state index in [9.17, 15) is 0 Å². The minimum absolute atomic E-state index is 0.240. The Morgan fingerprint density at radius 3 is 2.90 bits per heavy atom. The Morgan fingerprint density at radius 2 is 2.20 bits per heavy atom. The summed E-state index contributed by atoms with van der Waals surface area (Å²) < 4.78 is 0. The van der Waals surface area contributed by atoms with Gasteiger partial charge in [0.15, 0.2) is 11.5 Å². The van der Waals surface area contributed by atoms with Crippen molar-refractivity contribution in [2.45, 2.75) is 26.2 Å². The number of fused-ring (bicyclic) bond motifs is 1. The molecule has 2 aromatic rings. The lowest BCUT2D eigenvalue weighted by Gasteiger charge is -2.15. The molecule has 0 atom stereocenters. The van der Waals surface area contributed by atoms with E-state index in [1.54, 1.807) is 6.33 Å². The molecule has 7 heteroatoms. The van der Waals surface area contributed by atoms with Crippen LogP contribution in [0.5, 0.6) is 0 Å². The summed E-state index contributed by atoms with van der Waals surface area (Å²) in [5.74, 6) is 1.36. The molecule has 2 aromatic heterocycles. The molecular weight excluding hydrogens is 256 g/mol. The average Bonchev–Trinajstić information content (AvgIpc) is 3.03. The van der Waals surface area contributed by atoms with Gasteiger partial charge in [0.05, 0.1) is 6.33 Å². The summed E-state index contributed by atoms with van der Waals surface area (Å²) in [7, 11) is 0. The molecule has 108 valence electrons. The van der Waals surface area contributed by atoms with Crippen molar-refractivity contribution in [1.29, 1.82) is 0 Å². The van der Waals surface area contributed by atoms with E-state index in [1.807, 2.05) is 6.92 Å². The third kappa shape index (κ3) is 2.53. The molecule has 7 nitrogen and oxygen atoms in total. The SMILES string of the molecule is CCNc1nc(NCC2(CCO)CC2)c2[nH]cnc2n1. The highest BCUT2D eigenvalue weighted by molar-refractivity contribution is 5.83. The molecule has 20 heavy (non-hydrogen) atoms. The highest BCUT2D eigenvalue weighted by Gasteiger charge is 2.41. The highest BCUT2D eigenvalue weighted by Crippen LogP contribution is 2.48. The van der Waals surface area contributed by atoms with Gasteiger partial charge in [0, 0.05) is 19.7 Å². The fraction of sp³-hybridized carbons (Fsp3) is 0.615. The van der Waals surface area contributed by atoms with E-state index in [1.165, 1.54) is 0 Å². The van der Waals surface area contributed by atoms with E-state index in [-0.39, 0.29) is 12.0 Å². The molecule has 0 aliphatic heterocycles. The second-order valence-electron chi connectivity index (χ2n) is 5.35. The number of anilines is 2. The zero-order chi connectivity index (χ0) is 14.0. The monoisotopic (exact) mass is 276 g/mol. The standard InChI is InChI=1S/C13H20N6O/c1-2-14-12-18-10(9-11(19-12)17-8-16-9)15-7-13(3-4-13)5-6-20/h8,20H,2-7H2,1H3,(H3,14,15,16,17,18,19).